The maximum atomic E-state index is 10.6. The van der Waals surface area contributed by atoms with Gasteiger partial charge in [0.25, 0.3) is 0 Å². The molecule has 0 radical (unpaired) electrons. The first kappa shape index (κ1) is 11.5. The molecule has 1 saturated carbocycles. The van der Waals surface area contributed by atoms with Crippen molar-refractivity contribution in [2.45, 2.75) is 38.3 Å². The van der Waals surface area contributed by atoms with Crippen LogP contribution in [0.5, 0.6) is 0 Å². The minimum absolute atomic E-state index is 0.0352. The molecule has 0 aromatic carbocycles. The van der Waals surface area contributed by atoms with Gasteiger partial charge in [0.1, 0.15) is 0 Å². The Morgan fingerprint density at radius 1 is 1.43 bits per heavy atom. The van der Waals surface area contributed by atoms with Gasteiger partial charge in [-0.25, -0.2) is 0 Å². The van der Waals surface area contributed by atoms with Crippen molar-refractivity contribution in [2.24, 2.45) is 0 Å². The largest absolute Gasteiger partial charge is 0.381 e. The van der Waals surface area contributed by atoms with Crippen molar-refractivity contribution in [1.82, 2.24) is 10.6 Å². The van der Waals surface area contributed by atoms with Gasteiger partial charge in [-0.05, 0) is 19.3 Å². The summed E-state index contributed by atoms with van der Waals surface area (Å²) in [5, 5.41) is 6.17. The summed E-state index contributed by atoms with van der Waals surface area (Å²) in [4.78, 5) is 10.6. The highest BCUT2D eigenvalue weighted by molar-refractivity contribution is 5.72. The Labute approximate surface area is 85.4 Å². The van der Waals surface area contributed by atoms with Gasteiger partial charge < -0.3 is 15.4 Å². The second-order valence-corrected chi connectivity index (χ2v) is 3.80. The first-order valence-corrected chi connectivity index (χ1v) is 5.23. The van der Waals surface area contributed by atoms with Crippen molar-refractivity contribution in [3.05, 3.63) is 0 Å². The lowest BCUT2D eigenvalue weighted by Crippen LogP contribution is -2.35. The first-order chi connectivity index (χ1) is 6.72. The molecule has 1 fully saturated rings. The van der Waals surface area contributed by atoms with Crippen molar-refractivity contribution in [2.75, 3.05) is 20.2 Å². The van der Waals surface area contributed by atoms with Crippen LogP contribution in [-0.4, -0.2) is 38.3 Å². The van der Waals surface area contributed by atoms with Crippen LogP contribution in [0.3, 0.4) is 0 Å². The van der Waals surface area contributed by atoms with Gasteiger partial charge in [0.2, 0.25) is 5.91 Å². The quantitative estimate of drug-likeness (QED) is 0.627. The topological polar surface area (TPSA) is 50.4 Å². The van der Waals surface area contributed by atoms with E-state index in [0.29, 0.717) is 18.7 Å². The molecule has 0 heterocycles. The second-order valence-electron chi connectivity index (χ2n) is 3.80. The minimum atomic E-state index is 0.0352. The van der Waals surface area contributed by atoms with Crippen molar-refractivity contribution < 1.29 is 9.53 Å². The average Bonchev–Trinajstić information content (AvgIpc) is 2.60. The Morgan fingerprint density at radius 2 is 2.21 bits per heavy atom. The van der Waals surface area contributed by atoms with E-state index in [-0.39, 0.29) is 5.91 Å². The fourth-order valence-electron chi connectivity index (χ4n) is 1.85. The Balaban J connectivity index is 2.00. The fraction of sp³-hybridized carbons (Fsp3) is 0.900. The standard InChI is InChI=1S/C10H20N2O2/c1-8(13)11-5-6-12-9-3-4-10(7-9)14-2/h9-10,12H,3-7H2,1-2H3,(H,11,13). The highest BCUT2D eigenvalue weighted by Gasteiger charge is 2.23. The van der Waals surface area contributed by atoms with Crippen LogP contribution in [0.4, 0.5) is 0 Å². The number of ether oxygens (including phenoxy) is 1. The Kier molecular flexibility index (Phi) is 4.90. The molecule has 4 nitrogen and oxygen atoms in total. The third-order valence-electron chi connectivity index (χ3n) is 2.65. The van der Waals surface area contributed by atoms with Crippen LogP contribution in [-0.2, 0) is 9.53 Å². The van der Waals surface area contributed by atoms with Crippen LogP contribution >= 0.6 is 0 Å². The summed E-state index contributed by atoms with van der Waals surface area (Å²) >= 11 is 0. The van der Waals surface area contributed by atoms with Crippen LogP contribution in [0, 0.1) is 0 Å². The lowest BCUT2D eigenvalue weighted by molar-refractivity contribution is -0.118. The van der Waals surface area contributed by atoms with Crippen molar-refractivity contribution >= 4 is 5.91 Å². The van der Waals surface area contributed by atoms with Crippen molar-refractivity contribution in [1.29, 1.82) is 0 Å². The molecule has 2 unspecified atom stereocenters. The maximum Gasteiger partial charge on any atom is 0.216 e. The summed E-state index contributed by atoms with van der Waals surface area (Å²) in [5.74, 6) is 0.0352. The maximum absolute atomic E-state index is 10.6. The molecule has 0 aromatic heterocycles. The van der Waals surface area contributed by atoms with E-state index in [4.69, 9.17) is 4.74 Å². The van der Waals surface area contributed by atoms with E-state index in [9.17, 15) is 4.79 Å². The smallest absolute Gasteiger partial charge is 0.216 e. The van der Waals surface area contributed by atoms with Crippen LogP contribution in [0.25, 0.3) is 0 Å². The zero-order valence-corrected chi connectivity index (χ0v) is 9.01. The molecule has 0 bridgehead atoms. The predicted molar refractivity (Wildman–Crippen MR) is 55.1 cm³/mol. The molecule has 4 heteroatoms. The number of amides is 1. The average molecular weight is 200 g/mol. The van der Waals surface area contributed by atoms with E-state index in [1.54, 1.807) is 7.11 Å². The minimum Gasteiger partial charge on any atom is -0.381 e. The summed E-state index contributed by atoms with van der Waals surface area (Å²) in [6.07, 6.45) is 3.84. The van der Waals surface area contributed by atoms with Crippen molar-refractivity contribution in [3.63, 3.8) is 0 Å². The van der Waals surface area contributed by atoms with Gasteiger partial charge in [-0.15, -0.1) is 0 Å². The van der Waals surface area contributed by atoms with E-state index in [2.05, 4.69) is 10.6 Å². The van der Waals surface area contributed by atoms with E-state index in [1.807, 2.05) is 0 Å². The number of methoxy groups -OCH3 is 1. The molecule has 2 N–H and O–H groups in total. The summed E-state index contributed by atoms with van der Waals surface area (Å²) in [6, 6.07) is 0.564. The summed E-state index contributed by atoms with van der Waals surface area (Å²) in [5.41, 5.74) is 0. The van der Waals surface area contributed by atoms with Gasteiger partial charge in [0.15, 0.2) is 0 Å². The van der Waals surface area contributed by atoms with Gasteiger partial charge in [0, 0.05) is 33.2 Å². The highest BCUT2D eigenvalue weighted by atomic mass is 16.5. The highest BCUT2D eigenvalue weighted by Crippen LogP contribution is 2.20. The van der Waals surface area contributed by atoms with Gasteiger partial charge in [-0.2, -0.15) is 0 Å². The Morgan fingerprint density at radius 3 is 2.79 bits per heavy atom. The van der Waals surface area contributed by atoms with E-state index >= 15 is 0 Å². The molecule has 14 heavy (non-hydrogen) atoms. The number of rotatable bonds is 5. The first-order valence-electron chi connectivity index (χ1n) is 5.23. The zero-order valence-electron chi connectivity index (χ0n) is 9.01. The van der Waals surface area contributed by atoms with Gasteiger partial charge in [-0.1, -0.05) is 0 Å². The molecule has 0 saturated heterocycles. The van der Waals surface area contributed by atoms with Crippen LogP contribution in [0.15, 0.2) is 0 Å². The number of carbonyl (C=O) groups is 1. The number of hydrogen-bond donors (Lipinski definition) is 2. The van der Waals surface area contributed by atoms with Crippen molar-refractivity contribution in [3.8, 4) is 0 Å². The van der Waals surface area contributed by atoms with Gasteiger partial charge in [0.05, 0.1) is 6.10 Å². The third-order valence-corrected chi connectivity index (χ3v) is 2.65. The Hall–Kier alpha value is -0.610. The summed E-state index contributed by atoms with van der Waals surface area (Å²) < 4.78 is 5.28. The molecule has 0 spiro atoms. The van der Waals surface area contributed by atoms with E-state index in [0.717, 1.165) is 19.4 Å². The molecular formula is C10H20N2O2. The molecule has 1 aliphatic carbocycles. The molecule has 82 valence electrons. The molecule has 2 atom stereocenters. The number of nitrogens with one attached hydrogen (secondary N) is 2. The molecule has 1 amide bonds. The SMILES string of the molecule is COC1CCC(NCCNC(C)=O)C1. The molecule has 0 aliphatic heterocycles. The molecule has 0 aromatic rings. The monoisotopic (exact) mass is 200 g/mol. The van der Waals surface area contributed by atoms with Crippen LogP contribution in [0.1, 0.15) is 26.2 Å². The van der Waals surface area contributed by atoms with E-state index in [1.165, 1.54) is 13.3 Å². The third kappa shape index (κ3) is 4.07. The summed E-state index contributed by atoms with van der Waals surface area (Å²) in [7, 11) is 1.77. The normalized spacial score (nSPS) is 26.4. The van der Waals surface area contributed by atoms with Crippen LogP contribution in [0.2, 0.25) is 0 Å². The zero-order chi connectivity index (χ0) is 10.4. The Bertz CT molecular complexity index is 185. The van der Waals surface area contributed by atoms with Gasteiger partial charge in [-0.3, -0.25) is 4.79 Å². The van der Waals surface area contributed by atoms with E-state index < -0.39 is 0 Å². The van der Waals surface area contributed by atoms with Crippen LogP contribution < -0.4 is 10.6 Å². The lowest BCUT2D eigenvalue weighted by atomic mass is 10.2. The fourth-order valence-corrected chi connectivity index (χ4v) is 1.85. The lowest BCUT2D eigenvalue weighted by Gasteiger charge is -2.12. The number of carbonyl (C=O) groups excluding carboxylic acids is 1. The molecule has 1 rings (SSSR count). The number of hydrogen-bond acceptors (Lipinski definition) is 3. The molecule has 1 aliphatic rings. The molecular weight excluding hydrogens is 180 g/mol. The summed E-state index contributed by atoms with van der Waals surface area (Å²) in [6.45, 7) is 3.10. The van der Waals surface area contributed by atoms with Gasteiger partial charge >= 0.3 is 0 Å². The second kappa shape index (κ2) is 5.98. The predicted octanol–water partition coefficient (Wildman–Crippen LogP) is 0.280.